The fourth-order valence-corrected chi connectivity index (χ4v) is 0.722. The second-order valence-corrected chi connectivity index (χ2v) is 2.88. The highest BCUT2D eigenvalue weighted by Crippen LogP contribution is 1.81. The van der Waals surface area contributed by atoms with Crippen LogP contribution in [-0.2, 0) is 4.79 Å². The first kappa shape index (κ1) is 14.9. The van der Waals surface area contributed by atoms with E-state index in [9.17, 15) is 4.79 Å². The molecule has 4 nitrogen and oxygen atoms in total. The molecule has 0 aliphatic heterocycles. The number of nitrogens with zero attached hydrogens (tertiary/aromatic N) is 2. The minimum atomic E-state index is 0.750. The predicted octanol–water partition coefficient (Wildman–Crippen LogP) is -0.00870. The molecular weight excluding hydrogens is 166 g/mol. The third-order valence-corrected chi connectivity index (χ3v) is 1.55. The summed E-state index contributed by atoms with van der Waals surface area (Å²) in [5.41, 5.74) is 5.34. The van der Waals surface area contributed by atoms with Gasteiger partial charge in [0.2, 0.25) is 6.41 Å². The molecule has 0 unspecified atom stereocenters. The van der Waals surface area contributed by atoms with Gasteiger partial charge in [-0.3, -0.25) is 4.79 Å². The van der Waals surface area contributed by atoms with Gasteiger partial charge >= 0.3 is 0 Å². The van der Waals surface area contributed by atoms with E-state index >= 15 is 0 Å². The van der Waals surface area contributed by atoms with Gasteiger partial charge in [0.05, 0.1) is 0 Å². The second-order valence-electron chi connectivity index (χ2n) is 2.88. The summed E-state index contributed by atoms with van der Waals surface area (Å²) in [6.07, 6.45) is 0.750. The second kappa shape index (κ2) is 11.4. The van der Waals surface area contributed by atoms with E-state index in [1.54, 1.807) is 14.1 Å². The lowest BCUT2D eigenvalue weighted by molar-refractivity contribution is -0.115. The van der Waals surface area contributed by atoms with Gasteiger partial charge in [0.15, 0.2) is 0 Å². The van der Waals surface area contributed by atoms with Crippen molar-refractivity contribution in [1.29, 1.82) is 0 Å². The van der Waals surface area contributed by atoms with Gasteiger partial charge in [-0.1, -0.05) is 13.8 Å². The molecule has 0 aromatic rings. The maximum absolute atomic E-state index is 9.43. The first-order chi connectivity index (χ1) is 6.12. The summed E-state index contributed by atoms with van der Waals surface area (Å²) in [5, 5.41) is 0. The fraction of sp³-hybridized carbons (Fsp3) is 0.889. The predicted molar refractivity (Wildman–Crippen MR) is 56.6 cm³/mol. The van der Waals surface area contributed by atoms with Crippen molar-refractivity contribution < 1.29 is 4.79 Å². The van der Waals surface area contributed by atoms with E-state index in [0.717, 1.165) is 32.6 Å². The van der Waals surface area contributed by atoms with Gasteiger partial charge in [-0.25, -0.2) is 0 Å². The molecule has 0 saturated carbocycles. The highest BCUT2D eigenvalue weighted by Gasteiger charge is 1.92. The van der Waals surface area contributed by atoms with Crippen LogP contribution >= 0.6 is 0 Å². The summed E-state index contributed by atoms with van der Waals surface area (Å²) in [6, 6.07) is 0. The van der Waals surface area contributed by atoms with Crippen molar-refractivity contribution in [3.8, 4) is 0 Å². The Hall–Kier alpha value is -0.610. The summed E-state index contributed by atoms with van der Waals surface area (Å²) in [7, 11) is 3.38. The van der Waals surface area contributed by atoms with Gasteiger partial charge in [0, 0.05) is 27.2 Å². The zero-order valence-electron chi connectivity index (χ0n) is 9.29. The van der Waals surface area contributed by atoms with Gasteiger partial charge in [0.1, 0.15) is 0 Å². The fourth-order valence-electron chi connectivity index (χ4n) is 0.722. The lowest BCUT2D eigenvalue weighted by atomic mass is 10.5. The van der Waals surface area contributed by atoms with Crippen molar-refractivity contribution >= 4 is 6.41 Å². The Morgan fingerprint density at radius 2 is 1.62 bits per heavy atom. The van der Waals surface area contributed by atoms with Crippen LogP contribution in [0.2, 0.25) is 0 Å². The Morgan fingerprint density at radius 1 is 1.23 bits per heavy atom. The number of nitrogens with two attached hydrogens (primary N) is 1. The van der Waals surface area contributed by atoms with Crippen LogP contribution in [0.15, 0.2) is 0 Å². The molecule has 80 valence electrons. The largest absolute Gasteiger partial charge is 0.351 e. The average Bonchev–Trinajstić information content (AvgIpc) is 2.15. The number of likely N-dealkylation sites (N-methyl/N-ethyl adjacent to an activating group) is 1. The molecule has 0 aliphatic rings. The molecular formula is C9H23N3O. The quantitative estimate of drug-likeness (QED) is 0.619. The molecule has 0 atom stereocenters. The van der Waals surface area contributed by atoms with Crippen molar-refractivity contribution in [2.75, 3.05) is 40.3 Å². The Kier molecular flexibility index (Phi) is 13.0. The van der Waals surface area contributed by atoms with Crippen LogP contribution in [0.4, 0.5) is 0 Å². The zero-order chi connectivity index (χ0) is 10.7. The number of hydrogen-bond acceptors (Lipinski definition) is 3. The highest BCUT2D eigenvalue weighted by molar-refractivity contribution is 5.45. The van der Waals surface area contributed by atoms with E-state index in [-0.39, 0.29) is 0 Å². The molecule has 0 spiro atoms. The van der Waals surface area contributed by atoms with Crippen molar-refractivity contribution in [3.05, 3.63) is 0 Å². The normalized spacial score (nSPS) is 9.08. The van der Waals surface area contributed by atoms with Crippen molar-refractivity contribution in [1.82, 2.24) is 9.80 Å². The van der Waals surface area contributed by atoms with E-state index in [2.05, 4.69) is 18.7 Å². The topological polar surface area (TPSA) is 49.6 Å². The van der Waals surface area contributed by atoms with Crippen LogP contribution < -0.4 is 5.73 Å². The van der Waals surface area contributed by atoms with Crippen LogP contribution in [-0.4, -0.2) is 56.5 Å². The van der Waals surface area contributed by atoms with Crippen molar-refractivity contribution in [2.45, 2.75) is 13.8 Å². The summed E-state index contributed by atoms with van der Waals surface area (Å²) < 4.78 is 0. The summed E-state index contributed by atoms with van der Waals surface area (Å²) in [4.78, 5) is 13.2. The van der Waals surface area contributed by atoms with Crippen LogP contribution in [0.3, 0.4) is 0 Å². The minimum absolute atomic E-state index is 0.750. The van der Waals surface area contributed by atoms with E-state index in [1.165, 1.54) is 4.90 Å². The van der Waals surface area contributed by atoms with E-state index in [4.69, 9.17) is 5.73 Å². The summed E-state index contributed by atoms with van der Waals surface area (Å²) >= 11 is 0. The van der Waals surface area contributed by atoms with E-state index in [1.807, 2.05) is 0 Å². The molecule has 0 rings (SSSR count). The van der Waals surface area contributed by atoms with Crippen LogP contribution in [0.25, 0.3) is 0 Å². The third-order valence-electron chi connectivity index (χ3n) is 1.55. The molecule has 1 amide bonds. The molecule has 4 heteroatoms. The number of carbonyl (C=O) groups excluding carboxylic acids is 1. The lowest BCUT2D eigenvalue weighted by Gasteiger charge is -2.15. The SMILES string of the molecule is CCN(CC)CCN.CN(C)C=O. The van der Waals surface area contributed by atoms with Gasteiger partial charge < -0.3 is 15.5 Å². The van der Waals surface area contributed by atoms with Gasteiger partial charge in [0.25, 0.3) is 0 Å². The maximum atomic E-state index is 9.43. The summed E-state index contributed by atoms with van der Waals surface area (Å²) in [6.45, 7) is 8.36. The number of hydrogen-bond donors (Lipinski definition) is 1. The number of carbonyl (C=O) groups is 1. The monoisotopic (exact) mass is 189 g/mol. The molecule has 0 bridgehead atoms. The summed E-state index contributed by atoms with van der Waals surface area (Å²) in [5.74, 6) is 0. The molecule has 0 radical (unpaired) electrons. The third kappa shape index (κ3) is 14.3. The molecule has 0 aromatic heterocycles. The zero-order valence-corrected chi connectivity index (χ0v) is 9.29. The molecule has 2 N–H and O–H groups in total. The lowest BCUT2D eigenvalue weighted by Crippen LogP contribution is -2.28. The standard InChI is InChI=1S/C6H16N2.C3H7NO/c1-3-8(4-2)6-5-7;1-4(2)3-5/h3-7H2,1-2H3;3H,1-2H3. The van der Waals surface area contributed by atoms with Gasteiger partial charge in [-0.15, -0.1) is 0 Å². The van der Waals surface area contributed by atoms with Crippen LogP contribution in [0.5, 0.6) is 0 Å². The van der Waals surface area contributed by atoms with Crippen molar-refractivity contribution in [2.24, 2.45) is 5.73 Å². The smallest absolute Gasteiger partial charge is 0.209 e. The number of amides is 1. The van der Waals surface area contributed by atoms with Gasteiger partial charge in [-0.05, 0) is 13.1 Å². The Bertz CT molecular complexity index is 103. The van der Waals surface area contributed by atoms with E-state index in [0.29, 0.717) is 0 Å². The number of rotatable bonds is 5. The highest BCUT2D eigenvalue weighted by atomic mass is 16.1. The van der Waals surface area contributed by atoms with Crippen molar-refractivity contribution in [3.63, 3.8) is 0 Å². The first-order valence-electron chi connectivity index (χ1n) is 4.66. The molecule has 0 saturated heterocycles. The van der Waals surface area contributed by atoms with Gasteiger partial charge in [-0.2, -0.15) is 0 Å². The Morgan fingerprint density at radius 3 is 1.69 bits per heavy atom. The van der Waals surface area contributed by atoms with Crippen LogP contribution in [0.1, 0.15) is 13.8 Å². The molecule has 0 aliphatic carbocycles. The first-order valence-corrected chi connectivity index (χ1v) is 4.66. The maximum Gasteiger partial charge on any atom is 0.209 e. The van der Waals surface area contributed by atoms with E-state index < -0.39 is 0 Å². The molecule has 0 aromatic carbocycles. The average molecular weight is 189 g/mol. The Balaban J connectivity index is 0. The van der Waals surface area contributed by atoms with Crippen LogP contribution in [0, 0.1) is 0 Å². The minimum Gasteiger partial charge on any atom is -0.351 e. The Labute approximate surface area is 81.7 Å². The molecule has 0 heterocycles. The molecule has 13 heavy (non-hydrogen) atoms. The molecule has 0 fully saturated rings.